The lowest BCUT2D eigenvalue weighted by Gasteiger charge is -2.24. The van der Waals surface area contributed by atoms with Crippen molar-refractivity contribution in [3.8, 4) is 11.3 Å². The maximum absolute atomic E-state index is 13.3. The predicted octanol–water partition coefficient (Wildman–Crippen LogP) is 2.13. The summed E-state index contributed by atoms with van der Waals surface area (Å²) in [5.74, 6) is 1.17. The molecule has 1 N–H and O–H groups in total. The lowest BCUT2D eigenvalue weighted by atomic mass is 10.1. The van der Waals surface area contributed by atoms with Crippen molar-refractivity contribution in [1.82, 2.24) is 25.2 Å². The molecule has 0 radical (unpaired) electrons. The molecular weight excluding hydrogens is 325 g/mol. The summed E-state index contributed by atoms with van der Waals surface area (Å²) in [7, 11) is 0. The summed E-state index contributed by atoms with van der Waals surface area (Å²) in [4.78, 5) is 12.4. The van der Waals surface area contributed by atoms with Crippen molar-refractivity contribution in [2.75, 3.05) is 0 Å². The van der Waals surface area contributed by atoms with Crippen LogP contribution in [0.15, 0.2) is 34.9 Å². The largest absolute Gasteiger partial charge is 0.350 e. The van der Waals surface area contributed by atoms with Gasteiger partial charge in [0.15, 0.2) is 0 Å². The zero-order valence-electron chi connectivity index (χ0n) is 13.6. The van der Waals surface area contributed by atoms with E-state index in [2.05, 4.69) is 20.7 Å². The van der Waals surface area contributed by atoms with E-state index in [-0.39, 0.29) is 23.5 Å². The molecule has 8 heteroatoms. The van der Waals surface area contributed by atoms with Crippen LogP contribution in [-0.2, 0) is 13.0 Å². The molecule has 0 saturated heterocycles. The van der Waals surface area contributed by atoms with Gasteiger partial charge < -0.3 is 14.4 Å². The Balaban J connectivity index is 1.46. The van der Waals surface area contributed by atoms with Crippen molar-refractivity contribution in [3.63, 3.8) is 0 Å². The number of carbonyl (C=O) groups excluding carboxylic acids is 1. The van der Waals surface area contributed by atoms with Crippen LogP contribution in [0.5, 0.6) is 0 Å². The molecule has 1 aromatic carbocycles. The highest BCUT2D eigenvalue weighted by Gasteiger charge is 2.24. The van der Waals surface area contributed by atoms with E-state index in [9.17, 15) is 9.18 Å². The molecule has 7 nitrogen and oxygen atoms in total. The number of amides is 1. The molecule has 0 spiro atoms. The molecule has 0 fully saturated rings. The van der Waals surface area contributed by atoms with E-state index in [0.717, 1.165) is 24.5 Å². The molecule has 3 heterocycles. The number of carbonyl (C=O) groups is 1. The van der Waals surface area contributed by atoms with Crippen LogP contribution in [0.1, 0.15) is 28.6 Å². The number of aryl methyl sites for hydroxylation is 2. The molecular formula is C17H16FN5O2. The van der Waals surface area contributed by atoms with Crippen LogP contribution in [0.2, 0.25) is 0 Å². The summed E-state index contributed by atoms with van der Waals surface area (Å²) >= 11 is 0. The fraction of sp³-hybridized carbons (Fsp3) is 0.294. The summed E-state index contributed by atoms with van der Waals surface area (Å²) in [5, 5.41) is 15.0. The minimum absolute atomic E-state index is 0.0302. The van der Waals surface area contributed by atoms with Gasteiger partial charge in [-0.2, -0.15) is 0 Å². The zero-order valence-corrected chi connectivity index (χ0v) is 13.6. The molecule has 0 unspecified atom stereocenters. The molecule has 1 aliphatic heterocycles. The van der Waals surface area contributed by atoms with Crippen LogP contribution >= 0.6 is 0 Å². The number of nitrogens with one attached hydrogen (secondary N) is 1. The van der Waals surface area contributed by atoms with Gasteiger partial charge >= 0.3 is 0 Å². The molecule has 0 aliphatic carbocycles. The molecule has 1 aliphatic rings. The highest BCUT2D eigenvalue weighted by Crippen LogP contribution is 2.20. The Hall–Kier alpha value is -3.03. The topological polar surface area (TPSA) is 85.8 Å². The zero-order chi connectivity index (χ0) is 17.4. The Morgan fingerprint density at radius 2 is 2.24 bits per heavy atom. The maximum atomic E-state index is 13.3. The van der Waals surface area contributed by atoms with E-state index >= 15 is 0 Å². The average Bonchev–Trinajstić information content (AvgIpc) is 3.23. The second-order valence-electron chi connectivity index (χ2n) is 6.07. The second-order valence-corrected chi connectivity index (χ2v) is 6.07. The van der Waals surface area contributed by atoms with E-state index in [1.165, 1.54) is 18.2 Å². The van der Waals surface area contributed by atoms with Gasteiger partial charge in [-0.3, -0.25) is 4.79 Å². The predicted molar refractivity (Wildman–Crippen MR) is 86.2 cm³/mol. The summed E-state index contributed by atoms with van der Waals surface area (Å²) < 4.78 is 20.4. The quantitative estimate of drug-likeness (QED) is 0.789. The summed E-state index contributed by atoms with van der Waals surface area (Å²) in [5.41, 5.74) is 0.982. The Morgan fingerprint density at radius 1 is 1.36 bits per heavy atom. The van der Waals surface area contributed by atoms with Crippen molar-refractivity contribution in [1.29, 1.82) is 0 Å². The van der Waals surface area contributed by atoms with Crippen LogP contribution < -0.4 is 5.32 Å². The van der Waals surface area contributed by atoms with Crippen molar-refractivity contribution in [2.45, 2.75) is 32.4 Å². The van der Waals surface area contributed by atoms with Crippen LogP contribution in [0, 0.1) is 12.7 Å². The molecule has 2 aromatic heterocycles. The summed E-state index contributed by atoms with van der Waals surface area (Å²) in [6.07, 6.45) is 1.55. The minimum atomic E-state index is -0.367. The van der Waals surface area contributed by atoms with Gasteiger partial charge in [-0.25, -0.2) is 4.39 Å². The Morgan fingerprint density at radius 3 is 3.08 bits per heavy atom. The number of hydrogen-bond acceptors (Lipinski definition) is 5. The summed E-state index contributed by atoms with van der Waals surface area (Å²) in [6.45, 7) is 2.52. The smallest absolute Gasteiger partial charge is 0.290 e. The molecule has 4 rings (SSSR count). The fourth-order valence-corrected chi connectivity index (χ4v) is 3.00. The fourth-order valence-electron chi connectivity index (χ4n) is 3.00. The van der Waals surface area contributed by atoms with Gasteiger partial charge in [0.2, 0.25) is 5.76 Å². The number of fused-ring (bicyclic) bond motifs is 1. The Kier molecular flexibility index (Phi) is 3.79. The molecule has 1 amide bonds. The van der Waals surface area contributed by atoms with Crippen molar-refractivity contribution >= 4 is 5.91 Å². The third kappa shape index (κ3) is 3.02. The third-order valence-corrected chi connectivity index (χ3v) is 4.32. The van der Waals surface area contributed by atoms with E-state index in [4.69, 9.17) is 4.52 Å². The van der Waals surface area contributed by atoms with Crippen molar-refractivity contribution in [3.05, 3.63) is 53.6 Å². The molecule has 128 valence electrons. The first-order valence-corrected chi connectivity index (χ1v) is 8.02. The van der Waals surface area contributed by atoms with E-state index in [1.54, 1.807) is 12.1 Å². The summed E-state index contributed by atoms with van der Waals surface area (Å²) in [6, 6.07) is 7.47. The van der Waals surface area contributed by atoms with Crippen molar-refractivity contribution in [2.24, 2.45) is 0 Å². The van der Waals surface area contributed by atoms with Crippen molar-refractivity contribution < 1.29 is 13.7 Å². The number of aromatic nitrogens is 4. The van der Waals surface area contributed by atoms with Gasteiger partial charge in [0, 0.05) is 30.6 Å². The second kappa shape index (κ2) is 6.12. The van der Waals surface area contributed by atoms with Crippen LogP contribution in [0.4, 0.5) is 4.39 Å². The van der Waals surface area contributed by atoms with Gasteiger partial charge in [0.05, 0.1) is 0 Å². The first kappa shape index (κ1) is 15.5. The van der Waals surface area contributed by atoms with Gasteiger partial charge in [-0.1, -0.05) is 17.3 Å². The van der Waals surface area contributed by atoms with Crippen LogP contribution in [0.3, 0.4) is 0 Å². The monoisotopic (exact) mass is 341 g/mol. The molecule has 0 bridgehead atoms. The number of halogens is 1. The Bertz CT molecular complexity index is 933. The Labute approximate surface area is 142 Å². The lowest BCUT2D eigenvalue weighted by molar-refractivity contribution is 0.0890. The third-order valence-electron chi connectivity index (χ3n) is 4.32. The molecule has 25 heavy (non-hydrogen) atoms. The first-order chi connectivity index (χ1) is 12.1. The maximum Gasteiger partial charge on any atom is 0.290 e. The molecule has 1 atom stereocenters. The number of hydrogen-bond donors (Lipinski definition) is 1. The number of rotatable bonds is 3. The van der Waals surface area contributed by atoms with E-state index < -0.39 is 0 Å². The van der Waals surface area contributed by atoms with Gasteiger partial charge in [-0.15, -0.1) is 10.2 Å². The first-order valence-electron chi connectivity index (χ1n) is 8.02. The lowest BCUT2D eigenvalue weighted by Crippen LogP contribution is -2.41. The normalized spacial score (nSPS) is 16.5. The van der Waals surface area contributed by atoms with Crippen LogP contribution in [-0.4, -0.2) is 31.9 Å². The van der Waals surface area contributed by atoms with Gasteiger partial charge in [0.1, 0.15) is 23.2 Å². The van der Waals surface area contributed by atoms with Gasteiger partial charge in [0.25, 0.3) is 5.91 Å². The highest BCUT2D eigenvalue weighted by molar-refractivity contribution is 5.92. The molecule has 3 aromatic rings. The number of nitrogens with zero attached hydrogens (tertiary/aromatic N) is 4. The van der Waals surface area contributed by atoms with E-state index in [0.29, 0.717) is 17.8 Å². The standard InChI is InChI=1S/C17H16FN5O2/c1-10-20-21-16-6-5-13(9-23(10)16)19-17(24)15-8-14(22-25-15)11-3-2-4-12(18)7-11/h2-4,7-8,13H,5-6,9H2,1H3,(H,19,24)/t13-/m0/s1. The minimum Gasteiger partial charge on any atom is -0.350 e. The average molecular weight is 341 g/mol. The highest BCUT2D eigenvalue weighted by atomic mass is 19.1. The van der Waals surface area contributed by atoms with Crippen LogP contribution in [0.25, 0.3) is 11.3 Å². The SMILES string of the molecule is Cc1nnc2n1C[C@@H](NC(=O)c1cc(-c3cccc(F)c3)no1)CC2. The van der Waals surface area contributed by atoms with Gasteiger partial charge in [-0.05, 0) is 25.5 Å². The number of benzene rings is 1. The van der Waals surface area contributed by atoms with E-state index in [1.807, 2.05) is 11.5 Å². The molecule has 0 saturated carbocycles.